The largest absolute Gasteiger partial charge is 0.444 e. The number of fused-ring (bicyclic) bond motifs is 2. The molecule has 3 aromatic rings. The Kier molecular flexibility index (Phi) is 4.17. The van der Waals surface area contributed by atoms with Crippen LogP contribution in [0.4, 0.5) is 4.79 Å². The van der Waals surface area contributed by atoms with Crippen molar-refractivity contribution in [2.45, 2.75) is 51.3 Å². The third kappa shape index (κ3) is 3.50. The van der Waals surface area contributed by atoms with Crippen LogP contribution in [0.25, 0.3) is 22.4 Å². The smallest absolute Gasteiger partial charge is 0.411 e. The van der Waals surface area contributed by atoms with Crippen LogP contribution in [0.5, 0.6) is 0 Å². The second-order valence-corrected chi connectivity index (χ2v) is 9.69. The molecule has 1 aromatic carbocycles. The molecule has 1 saturated carbocycles. The third-order valence-corrected chi connectivity index (χ3v) is 5.89. The molecule has 2 fully saturated rings. The van der Waals surface area contributed by atoms with Crippen molar-refractivity contribution in [2.75, 3.05) is 0 Å². The summed E-state index contributed by atoms with van der Waals surface area (Å²) in [6.07, 6.45) is 5.20. The Balaban J connectivity index is 1.42. The Hall–Kier alpha value is -2.48. The highest BCUT2D eigenvalue weighted by Gasteiger charge is 2.56. The molecule has 1 N–H and O–H groups in total. The number of H-pyrrole nitrogens is 1. The van der Waals surface area contributed by atoms with Crippen LogP contribution in [-0.2, 0) is 4.74 Å². The van der Waals surface area contributed by atoms with Crippen LogP contribution in [0.3, 0.4) is 0 Å². The number of imidazole rings is 1. The van der Waals surface area contributed by atoms with E-state index in [1.807, 2.05) is 43.9 Å². The zero-order chi connectivity index (χ0) is 20.3. The topological polar surface area (TPSA) is 84.0 Å². The molecule has 5 rings (SSSR count). The van der Waals surface area contributed by atoms with Crippen molar-refractivity contribution in [3.8, 4) is 11.4 Å². The quantitative estimate of drug-likeness (QED) is 0.596. The van der Waals surface area contributed by atoms with Gasteiger partial charge >= 0.3 is 6.09 Å². The number of benzene rings is 1. The predicted octanol–water partition coefficient (Wildman–Crippen LogP) is 4.85. The average Bonchev–Trinajstić information content (AvgIpc) is 3.09. The third-order valence-electron chi connectivity index (χ3n) is 5.40. The number of nitrogens with zero attached hydrogens (tertiary/aromatic N) is 4. The molecular weight excluding hydrogens is 434 g/mol. The Bertz CT molecular complexity index is 1110. The van der Waals surface area contributed by atoms with E-state index in [0.29, 0.717) is 5.92 Å². The maximum atomic E-state index is 12.8. The number of nitrogens with one attached hydrogen (secondary N) is 1. The number of hydrogen-bond donors (Lipinski definition) is 1. The summed E-state index contributed by atoms with van der Waals surface area (Å²) in [5.41, 5.74) is 2.65. The molecule has 150 valence electrons. The number of rotatable bonds is 2. The summed E-state index contributed by atoms with van der Waals surface area (Å²) in [7, 11) is 0. The maximum absolute atomic E-state index is 12.8. The first-order chi connectivity index (χ1) is 13.8. The minimum atomic E-state index is -0.515. The minimum Gasteiger partial charge on any atom is -0.444 e. The molecule has 2 aliphatic rings. The summed E-state index contributed by atoms with van der Waals surface area (Å²) in [6.45, 7) is 5.67. The van der Waals surface area contributed by atoms with Crippen molar-refractivity contribution in [2.24, 2.45) is 5.92 Å². The molecule has 8 heteroatoms. The molecule has 0 spiro atoms. The molecule has 2 aromatic heterocycles. The highest BCUT2D eigenvalue weighted by Crippen LogP contribution is 2.53. The summed E-state index contributed by atoms with van der Waals surface area (Å²) in [5.74, 6) is 1.32. The number of piperidine rings is 1. The zero-order valence-corrected chi connectivity index (χ0v) is 18.1. The van der Waals surface area contributed by atoms with Gasteiger partial charge in [0, 0.05) is 10.5 Å². The highest BCUT2D eigenvalue weighted by molar-refractivity contribution is 9.10. The summed E-state index contributed by atoms with van der Waals surface area (Å²) in [6, 6.07) is 5.99. The Morgan fingerprint density at radius 1 is 1.21 bits per heavy atom. The molecule has 0 bridgehead atoms. The molecule has 1 saturated heterocycles. The SMILES string of the molecule is CC(C)(C)OC(=O)N1C(c2ncc(-c3cnc4cc(Br)ccc4n3)[nH]2)CC2CC21. The van der Waals surface area contributed by atoms with E-state index in [9.17, 15) is 4.79 Å². The van der Waals surface area contributed by atoms with Crippen LogP contribution in [-0.4, -0.2) is 42.6 Å². The molecule has 29 heavy (non-hydrogen) atoms. The van der Waals surface area contributed by atoms with Gasteiger partial charge in [0.05, 0.1) is 35.2 Å². The number of carbonyl (C=O) groups excluding carboxylic acids is 1. The summed E-state index contributed by atoms with van der Waals surface area (Å²) in [5, 5.41) is 0. The predicted molar refractivity (Wildman–Crippen MR) is 112 cm³/mol. The Labute approximate surface area is 177 Å². The first kappa shape index (κ1) is 18.5. The number of halogens is 1. The van der Waals surface area contributed by atoms with Gasteiger partial charge in [0.25, 0.3) is 0 Å². The van der Waals surface area contributed by atoms with Gasteiger partial charge in [-0.2, -0.15) is 0 Å². The number of hydrogen-bond acceptors (Lipinski definition) is 5. The van der Waals surface area contributed by atoms with Crippen molar-refractivity contribution >= 4 is 33.1 Å². The monoisotopic (exact) mass is 455 g/mol. The minimum absolute atomic E-state index is 0.0910. The molecule has 3 heterocycles. The van der Waals surface area contributed by atoms with Crippen molar-refractivity contribution in [1.82, 2.24) is 24.8 Å². The molecule has 1 aliphatic carbocycles. The van der Waals surface area contributed by atoms with Crippen molar-refractivity contribution in [1.29, 1.82) is 0 Å². The molecule has 1 aliphatic heterocycles. The first-order valence-electron chi connectivity index (χ1n) is 9.77. The standard InChI is InChI=1S/C21H22BrN5O2/c1-21(2,3)29-20(28)27-17-6-11(17)7-18(27)19-24-10-16(26-19)15-9-23-14-8-12(22)4-5-13(14)25-15/h4-5,8-11,17-18H,6-7H2,1-3H3,(H,24,26). The Morgan fingerprint density at radius 3 is 2.83 bits per heavy atom. The lowest BCUT2D eigenvalue weighted by Gasteiger charge is -2.29. The van der Waals surface area contributed by atoms with Crippen LogP contribution >= 0.6 is 15.9 Å². The van der Waals surface area contributed by atoms with Gasteiger partial charge in [-0.15, -0.1) is 0 Å². The number of amides is 1. The first-order valence-corrected chi connectivity index (χ1v) is 10.6. The van der Waals surface area contributed by atoms with Gasteiger partial charge in [-0.3, -0.25) is 9.88 Å². The second-order valence-electron chi connectivity index (χ2n) is 8.77. The fraction of sp³-hybridized carbons (Fsp3) is 0.429. The van der Waals surface area contributed by atoms with Crippen LogP contribution in [0.1, 0.15) is 45.5 Å². The molecule has 7 nitrogen and oxygen atoms in total. The van der Waals surface area contributed by atoms with Crippen LogP contribution in [0.2, 0.25) is 0 Å². The van der Waals surface area contributed by atoms with E-state index in [0.717, 1.165) is 45.6 Å². The van der Waals surface area contributed by atoms with Crippen LogP contribution in [0.15, 0.2) is 35.1 Å². The van der Waals surface area contributed by atoms with Crippen LogP contribution in [0, 0.1) is 5.92 Å². The number of likely N-dealkylation sites (tertiary alicyclic amines) is 1. The van der Waals surface area contributed by atoms with Crippen molar-refractivity contribution in [3.63, 3.8) is 0 Å². The molecule has 0 radical (unpaired) electrons. The second kappa shape index (κ2) is 6.52. The lowest BCUT2D eigenvalue weighted by Crippen LogP contribution is -2.38. The zero-order valence-electron chi connectivity index (χ0n) is 16.5. The van der Waals surface area contributed by atoms with E-state index in [-0.39, 0.29) is 18.2 Å². The summed E-state index contributed by atoms with van der Waals surface area (Å²) >= 11 is 3.45. The molecular formula is C21H22BrN5O2. The van der Waals surface area contributed by atoms with Gasteiger partial charge in [0.15, 0.2) is 0 Å². The van der Waals surface area contributed by atoms with E-state index in [4.69, 9.17) is 9.72 Å². The number of ether oxygens (including phenoxy) is 1. The molecule has 3 unspecified atom stereocenters. The van der Waals surface area contributed by atoms with Gasteiger partial charge < -0.3 is 9.72 Å². The number of aromatic amines is 1. The van der Waals surface area contributed by atoms with E-state index in [1.54, 1.807) is 12.4 Å². The normalized spacial score (nSPS) is 23.3. The fourth-order valence-electron chi connectivity index (χ4n) is 4.03. The highest BCUT2D eigenvalue weighted by atomic mass is 79.9. The van der Waals surface area contributed by atoms with E-state index < -0.39 is 5.60 Å². The van der Waals surface area contributed by atoms with Crippen molar-refractivity contribution in [3.05, 3.63) is 40.9 Å². The lowest BCUT2D eigenvalue weighted by molar-refractivity contribution is 0.0175. The lowest BCUT2D eigenvalue weighted by atomic mass is 10.1. The maximum Gasteiger partial charge on any atom is 0.411 e. The average molecular weight is 456 g/mol. The van der Waals surface area contributed by atoms with Gasteiger partial charge in [-0.25, -0.2) is 14.8 Å². The van der Waals surface area contributed by atoms with E-state index >= 15 is 0 Å². The van der Waals surface area contributed by atoms with Crippen LogP contribution < -0.4 is 0 Å². The van der Waals surface area contributed by atoms with Gasteiger partial charge in [0.1, 0.15) is 17.1 Å². The van der Waals surface area contributed by atoms with Gasteiger partial charge in [0.2, 0.25) is 0 Å². The Morgan fingerprint density at radius 2 is 2.03 bits per heavy atom. The summed E-state index contributed by atoms with van der Waals surface area (Å²) in [4.78, 5) is 31.8. The van der Waals surface area contributed by atoms with Gasteiger partial charge in [-0.1, -0.05) is 15.9 Å². The fourth-order valence-corrected chi connectivity index (χ4v) is 4.38. The molecule has 3 atom stereocenters. The molecule has 1 amide bonds. The van der Waals surface area contributed by atoms with Crippen molar-refractivity contribution < 1.29 is 9.53 Å². The van der Waals surface area contributed by atoms with E-state index in [1.165, 1.54) is 0 Å². The van der Waals surface area contributed by atoms with Gasteiger partial charge in [-0.05, 0) is 57.7 Å². The number of carbonyl (C=O) groups is 1. The van der Waals surface area contributed by atoms with E-state index in [2.05, 4.69) is 30.9 Å². The summed E-state index contributed by atoms with van der Waals surface area (Å²) < 4.78 is 6.61. The number of aromatic nitrogens is 4.